The van der Waals surface area contributed by atoms with Crippen molar-refractivity contribution in [3.63, 3.8) is 0 Å². The SMILES string of the molecule is COC(=O)C(F)(F)C(F)(F)C(F)(F)OC(F)(F)C(F)(F)OC(F)=C(F)F. The molecular weight excluding hydrogens is 419 g/mol. The Morgan fingerprint density at radius 3 is 1.50 bits per heavy atom. The highest BCUT2D eigenvalue weighted by Crippen LogP contribution is 2.51. The fraction of sp³-hybridized carbons (Fsp3) is 0.667. The molecule has 0 rings (SSSR count). The van der Waals surface area contributed by atoms with E-state index < -0.39 is 48.2 Å². The molecule has 0 amide bonds. The van der Waals surface area contributed by atoms with E-state index in [1.54, 1.807) is 4.74 Å². The summed E-state index contributed by atoms with van der Waals surface area (Å²) in [6.45, 7) is 0. The first-order valence-corrected chi connectivity index (χ1v) is 5.34. The fourth-order valence-corrected chi connectivity index (χ4v) is 0.934. The lowest BCUT2D eigenvalue weighted by Crippen LogP contribution is -2.62. The minimum absolute atomic E-state index is 0.0114. The molecule has 0 aliphatic carbocycles. The largest absolute Gasteiger partial charge is 0.496 e. The third-order valence-electron chi connectivity index (χ3n) is 2.16. The zero-order chi connectivity index (χ0) is 21.4. The van der Waals surface area contributed by atoms with Gasteiger partial charge >= 0.3 is 48.2 Å². The molecule has 4 nitrogen and oxygen atoms in total. The van der Waals surface area contributed by atoms with Gasteiger partial charge in [-0.1, -0.05) is 0 Å². The first-order chi connectivity index (χ1) is 11.3. The predicted octanol–water partition coefficient (Wildman–Crippen LogP) is 4.28. The van der Waals surface area contributed by atoms with Gasteiger partial charge in [-0.3, -0.25) is 0 Å². The standard InChI is InChI=1S/C9H3F13O4/c1-24-4(23)5(13,14)6(15,16)7(17,18)26-9(21,22)8(19,20)25-3(12)2(10)11/h1H3. The Kier molecular flexibility index (Phi) is 6.47. The smallest absolute Gasteiger partial charge is 0.464 e. The van der Waals surface area contributed by atoms with Crippen LogP contribution in [0.15, 0.2) is 12.1 Å². The van der Waals surface area contributed by atoms with Gasteiger partial charge in [0.2, 0.25) is 0 Å². The van der Waals surface area contributed by atoms with Crippen LogP contribution in [0.25, 0.3) is 0 Å². The number of methoxy groups -OCH3 is 1. The minimum Gasteiger partial charge on any atom is -0.464 e. The van der Waals surface area contributed by atoms with Gasteiger partial charge in [0.1, 0.15) is 0 Å². The second-order valence-electron chi connectivity index (χ2n) is 3.93. The summed E-state index contributed by atoms with van der Waals surface area (Å²) in [4.78, 5) is 10.4. The maximum atomic E-state index is 13.0. The highest BCUT2D eigenvalue weighted by atomic mass is 19.4. The first-order valence-electron chi connectivity index (χ1n) is 5.34. The average molecular weight is 422 g/mol. The molecule has 0 fully saturated rings. The first kappa shape index (κ1) is 24.1. The van der Waals surface area contributed by atoms with E-state index in [4.69, 9.17) is 0 Å². The van der Waals surface area contributed by atoms with Crippen LogP contribution < -0.4 is 0 Å². The predicted molar refractivity (Wildman–Crippen MR) is 49.3 cm³/mol. The number of alkyl halides is 10. The third-order valence-corrected chi connectivity index (χ3v) is 2.16. The number of ether oxygens (including phenoxy) is 3. The molecule has 0 aliphatic heterocycles. The van der Waals surface area contributed by atoms with Gasteiger partial charge in [0, 0.05) is 0 Å². The summed E-state index contributed by atoms with van der Waals surface area (Å²) in [5.41, 5.74) is 0. The van der Waals surface area contributed by atoms with Crippen LogP contribution in [0.4, 0.5) is 57.1 Å². The van der Waals surface area contributed by atoms with Gasteiger partial charge in [-0.25, -0.2) is 9.53 Å². The Balaban J connectivity index is 5.83. The molecule has 0 N–H and O–H groups in total. The number of carbonyl (C=O) groups is 1. The van der Waals surface area contributed by atoms with Gasteiger partial charge in [-0.2, -0.15) is 57.1 Å². The molecule has 0 aromatic rings. The van der Waals surface area contributed by atoms with Crippen molar-refractivity contribution in [1.29, 1.82) is 0 Å². The number of hydrogen-bond donors (Lipinski definition) is 0. The summed E-state index contributed by atoms with van der Waals surface area (Å²) in [5, 5.41) is 0. The molecular formula is C9H3F13O4. The van der Waals surface area contributed by atoms with E-state index in [-0.39, 0.29) is 7.11 Å². The van der Waals surface area contributed by atoms with Crippen molar-refractivity contribution in [1.82, 2.24) is 0 Å². The van der Waals surface area contributed by atoms with Crippen LogP contribution in [0, 0.1) is 0 Å². The van der Waals surface area contributed by atoms with E-state index in [2.05, 4.69) is 4.74 Å². The molecule has 0 bridgehead atoms. The summed E-state index contributed by atoms with van der Waals surface area (Å²) >= 11 is 0. The third kappa shape index (κ3) is 4.24. The molecule has 0 radical (unpaired) electrons. The molecule has 0 atom stereocenters. The van der Waals surface area contributed by atoms with Crippen molar-refractivity contribution in [2.24, 2.45) is 0 Å². The summed E-state index contributed by atoms with van der Waals surface area (Å²) in [5.74, 6) is -17.2. The van der Waals surface area contributed by atoms with E-state index in [0.29, 0.717) is 0 Å². The summed E-state index contributed by atoms with van der Waals surface area (Å²) in [6.07, 6.45) is -24.9. The van der Waals surface area contributed by atoms with E-state index in [1.807, 2.05) is 4.74 Å². The maximum Gasteiger partial charge on any atom is 0.496 e. The van der Waals surface area contributed by atoms with Crippen LogP contribution in [-0.2, 0) is 19.0 Å². The number of esters is 1. The topological polar surface area (TPSA) is 44.8 Å². The minimum atomic E-state index is -7.24. The number of rotatable bonds is 8. The van der Waals surface area contributed by atoms with Crippen molar-refractivity contribution in [2.45, 2.75) is 30.2 Å². The molecule has 0 aromatic carbocycles. The Bertz CT molecular complexity index is 566. The van der Waals surface area contributed by atoms with E-state index in [0.717, 1.165) is 0 Å². The summed E-state index contributed by atoms with van der Waals surface area (Å²) in [6, 6.07) is -3.74. The lowest BCUT2D eigenvalue weighted by Gasteiger charge is -2.34. The molecule has 0 unspecified atom stereocenters. The summed E-state index contributed by atoms with van der Waals surface area (Å²) in [7, 11) is -0.0114. The molecule has 0 heterocycles. The molecule has 0 aliphatic rings. The zero-order valence-corrected chi connectivity index (χ0v) is 11.5. The Hall–Kier alpha value is -1.94. The van der Waals surface area contributed by atoms with E-state index >= 15 is 0 Å². The second-order valence-corrected chi connectivity index (χ2v) is 3.93. The molecule has 17 heteroatoms. The van der Waals surface area contributed by atoms with E-state index in [1.165, 1.54) is 0 Å². The molecule has 0 saturated carbocycles. The van der Waals surface area contributed by atoms with Crippen LogP contribution in [0.3, 0.4) is 0 Å². The monoisotopic (exact) mass is 422 g/mol. The van der Waals surface area contributed by atoms with Crippen molar-refractivity contribution in [2.75, 3.05) is 7.11 Å². The van der Waals surface area contributed by atoms with Gasteiger partial charge < -0.3 is 9.47 Å². The lowest BCUT2D eigenvalue weighted by atomic mass is 10.1. The lowest BCUT2D eigenvalue weighted by molar-refractivity contribution is -0.511. The fourth-order valence-electron chi connectivity index (χ4n) is 0.934. The van der Waals surface area contributed by atoms with Gasteiger partial charge in [0.15, 0.2) is 0 Å². The van der Waals surface area contributed by atoms with Gasteiger partial charge in [-0.05, 0) is 0 Å². The average Bonchev–Trinajstić information content (AvgIpc) is 2.43. The van der Waals surface area contributed by atoms with Gasteiger partial charge in [0.05, 0.1) is 7.11 Å². The van der Waals surface area contributed by atoms with Crippen molar-refractivity contribution < 1.29 is 76.1 Å². The van der Waals surface area contributed by atoms with Crippen LogP contribution in [-0.4, -0.2) is 43.2 Å². The second kappa shape index (κ2) is 6.99. The maximum absolute atomic E-state index is 13.0. The van der Waals surface area contributed by atoms with Crippen LogP contribution in [0.1, 0.15) is 0 Å². The number of carbonyl (C=O) groups excluding carboxylic acids is 1. The van der Waals surface area contributed by atoms with Crippen LogP contribution >= 0.6 is 0 Å². The van der Waals surface area contributed by atoms with Gasteiger partial charge in [0.25, 0.3) is 0 Å². The summed E-state index contributed by atoms with van der Waals surface area (Å²) < 4.78 is 170. The van der Waals surface area contributed by atoms with Crippen molar-refractivity contribution >= 4 is 5.97 Å². The van der Waals surface area contributed by atoms with Crippen LogP contribution in [0.2, 0.25) is 0 Å². The van der Waals surface area contributed by atoms with Gasteiger partial charge in [-0.15, -0.1) is 0 Å². The van der Waals surface area contributed by atoms with Crippen molar-refractivity contribution in [3.8, 4) is 0 Å². The number of halogens is 13. The Labute approximate surface area is 133 Å². The molecule has 0 aromatic heterocycles. The molecule has 0 saturated heterocycles. The highest BCUT2D eigenvalue weighted by molar-refractivity contribution is 5.79. The Morgan fingerprint density at radius 2 is 1.15 bits per heavy atom. The Morgan fingerprint density at radius 1 is 0.731 bits per heavy atom. The molecule has 0 spiro atoms. The number of hydrogen-bond acceptors (Lipinski definition) is 4. The normalized spacial score (nSPS) is 14.1. The molecule has 26 heavy (non-hydrogen) atoms. The highest BCUT2D eigenvalue weighted by Gasteiger charge is 2.81. The van der Waals surface area contributed by atoms with Crippen molar-refractivity contribution in [3.05, 3.63) is 12.1 Å². The van der Waals surface area contributed by atoms with E-state index in [9.17, 15) is 61.9 Å². The molecule has 154 valence electrons. The quantitative estimate of drug-likeness (QED) is 0.333. The zero-order valence-electron chi connectivity index (χ0n) is 11.5. The van der Waals surface area contributed by atoms with Crippen LogP contribution in [0.5, 0.6) is 0 Å².